The van der Waals surface area contributed by atoms with Crippen LogP contribution in [0.2, 0.25) is 0 Å². The summed E-state index contributed by atoms with van der Waals surface area (Å²) < 4.78 is 2.25. The summed E-state index contributed by atoms with van der Waals surface area (Å²) in [6.07, 6.45) is 0. The highest BCUT2D eigenvalue weighted by Crippen LogP contribution is 2.13. The van der Waals surface area contributed by atoms with Gasteiger partial charge in [0, 0.05) is 23.5 Å². The Bertz CT molecular complexity index is 532. The SMILES string of the molecule is CC(=O)c1cccc(Cn2c(C)ccc2C)c1. The van der Waals surface area contributed by atoms with Crippen molar-refractivity contribution in [2.45, 2.75) is 27.3 Å². The number of aromatic nitrogens is 1. The highest BCUT2D eigenvalue weighted by atomic mass is 16.1. The van der Waals surface area contributed by atoms with E-state index in [1.807, 2.05) is 18.2 Å². The van der Waals surface area contributed by atoms with Crippen molar-refractivity contribution in [2.24, 2.45) is 0 Å². The van der Waals surface area contributed by atoms with Crippen LogP contribution in [0.3, 0.4) is 0 Å². The number of carbonyl (C=O) groups excluding carboxylic acids is 1. The van der Waals surface area contributed by atoms with Crippen molar-refractivity contribution in [3.05, 3.63) is 58.9 Å². The number of hydrogen-bond donors (Lipinski definition) is 0. The van der Waals surface area contributed by atoms with Gasteiger partial charge in [-0.25, -0.2) is 0 Å². The van der Waals surface area contributed by atoms with E-state index in [-0.39, 0.29) is 5.78 Å². The Labute approximate surface area is 102 Å². The van der Waals surface area contributed by atoms with Gasteiger partial charge in [0.15, 0.2) is 5.78 Å². The van der Waals surface area contributed by atoms with Crippen molar-refractivity contribution in [3.63, 3.8) is 0 Å². The molecule has 1 heterocycles. The van der Waals surface area contributed by atoms with E-state index in [0.29, 0.717) is 0 Å². The third-order valence-corrected chi connectivity index (χ3v) is 3.09. The third kappa shape index (κ3) is 2.47. The summed E-state index contributed by atoms with van der Waals surface area (Å²) in [5, 5.41) is 0. The second-order valence-electron chi connectivity index (χ2n) is 4.46. The first-order chi connectivity index (χ1) is 8.08. The molecule has 0 spiro atoms. The molecule has 2 aromatic rings. The maximum absolute atomic E-state index is 11.3. The summed E-state index contributed by atoms with van der Waals surface area (Å²) in [4.78, 5) is 11.3. The molecule has 0 radical (unpaired) electrons. The average Bonchev–Trinajstić information content (AvgIpc) is 2.61. The van der Waals surface area contributed by atoms with Crippen molar-refractivity contribution in [1.82, 2.24) is 4.57 Å². The van der Waals surface area contributed by atoms with E-state index in [4.69, 9.17) is 0 Å². The fourth-order valence-corrected chi connectivity index (χ4v) is 2.02. The standard InChI is InChI=1S/C15H17NO/c1-11-7-8-12(2)16(11)10-14-5-4-6-15(9-14)13(3)17/h4-9H,10H2,1-3H3. The molecule has 0 atom stereocenters. The molecule has 2 rings (SSSR count). The maximum atomic E-state index is 11.3. The first-order valence-electron chi connectivity index (χ1n) is 5.80. The normalized spacial score (nSPS) is 10.5. The molecule has 1 aromatic carbocycles. The molecule has 0 amide bonds. The van der Waals surface area contributed by atoms with Gasteiger partial charge in [0.1, 0.15) is 0 Å². The van der Waals surface area contributed by atoms with E-state index in [2.05, 4.69) is 36.6 Å². The van der Waals surface area contributed by atoms with Crippen LogP contribution in [0, 0.1) is 13.8 Å². The average molecular weight is 227 g/mol. The Hall–Kier alpha value is -1.83. The van der Waals surface area contributed by atoms with Crippen LogP contribution < -0.4 is 0 Å². The number of ketones is 1. The van der Waals surface area contributed by atoms with Gasteiger partial charge in [0.25, 0.3) is 0 Å². The van der Waals surface area contributed by atoms with Gasteiger partial charge in [-0.15, -0.1) is 0 Å². The van der Waals surface area contributed by atoms with E-state index in [9.17, 15) is 4.79 Å². The fourth-order valence-electron chi connectivity index (χ4n) is 2.02. The lowest BCUT2D eigenvalue weighted by Crippen LogP contribution is -2.04. The van der Waals surface area contributed by atoms with Gasteiger partial charge in [0.05, 0.1) is 0 Å². The van der Waals surface area contributed by atoms with E-state index in [1.54, 1.807) is 6.92 Å². The van der Waals surface area contributed by atoms with Crippen LogP contribution in [-0.4, -0.2) is 10.4 Å². The molecule has 0 saturated heterocycles. The van der Waals surface area contributed by atoms with Gasteiger partial charge < -0.3 is 4.57 Å². The minimum absolute atomic E-state index is 0.118. The Morgan fingerprint density at radius 2 is 1.76 bits per heavy atom. The lowest BCUT2D eigenvalue weighted by Gasteiger charge is -2.10. The van der Waals surface area contributed by atoms with Crippen molar-refractivity contribution in [2.75, 3.05) is 0 Å². The van der Waals surface area contributed by atoms with Gasteiger partial charge >= 0.3 is 0 Å². The number of rotatable bonds is 3. The summed E-state index contributed by atoms with van der Waals surface area (Å²) in [7, 11) is 0. The molecule has 0 aliphatic carbocycles. The number of carbonyl (C=O) groups is 1. The lowest BCUT2D eigenvalue weighted by molar-refractivity contribution is 0.101. The minimum atomic E-state index is 0.118. The smallest absolute Gasteiger partial charge is 0.159 e. The van der Waals surface area contributed by atoms with Crippen LogP contribution in [0.1, 0.15) is 34.2 Å². The zero-order valence-electron chi connectivity index (χ0n) is 10.5. The van der Waals surface area contributed by atoms with Crippen LogP contribution >= 0.6 is 0 Å². The minimum Gasteiger partial charge on any atom is -0.345 e. The number of nitrogens with zero attached hydrogens (tertiary/aromatic N) is 1. The summed E-state index contributed by atoms with van der Waals surface area (Å²) in [5.74, 6) is 0.118. The highest BCUT2D eigenvalue weighted by molar-refractivity contribution is 5.94. The first kappa shape index (κ1) is 11.6. The third-order valence-electron chi connectivity index (χ3n) is 3.09. The quantitative estimate of drug-likeness (QED) is 0.737. The van der Waals surface area contributed by atoms with Crippen LogP contribution in [0.4, 0.5) is 0 Å². The van der Waals surface area contributed by atoms with E-state index in [1.165, 1.54) is 17.0 Å². The molecular formula is C15H17NO. The molecule has 0 fully saturated rings. The molecular weight excluding hydrogens is 210 g/mol. The second-order valence-corrected chi connectivity index (χ2v) is 4.46. The fraction of sp³-hybridized carbons (Fsp3) is 0.267. The van der Waals surface area contributed by atoms with E-state index >= 15 is 0 Å². The van der Waals surface area contributed by atoms with Crippen molar-refractivity contribution >= 4 is 5.78 Å². The second kappa shape index (κ2) is 4.58. The Morgan fingerprint density at radius 3 is 2.35 bits per heavy atom. The van der Waals surface area contributed by atoms with Crippen LogP contribution in [0.25, 0.3) is 0 Å². The lowest BCUT2D eigenvalue weighted by atomic mass is 10.1. The van der Waals surface area contributed by atoms with Gasteiger partial charge in [0.2, 0.25) is 0 Å². The summed E-state index contributed by atoms with van der Waals surface area (Å²) >= 11 is 0. The zero-order chi connectivity index (χ0) is 12.4. The van der Waals surface area contributed by atoms with Gasteiger partial charge in [-0.2, -0.15) is 0 Å². The molecule has 17 heavy (non-hydrogen) atoms. The Balaban J connectivity index is 2.30. The molecule has 0 saturated carbocycles. The molecule has 0 bridgehead atoms. The van der Waals surface area contributed by atoms with Gasteiger partial charge in [-0.05, 0) is 44.5 Å². The van der Waals surface area contributed by atoms with Crippen molar-refractivity contribution in [3.8, 4) is 0 Å². The summed E-state index contributed by atoms with van der Waals surface area (Å²) in [5.41, 5.74) is 4.44. The number of hydrogen-bond acceptors (Lipinski definition) is 1. The van der Waals surface area contributed by atoms with Crippen molar-refractivity contribution < 1.29 is 4.79 Å². The Kier molecular flexibility index (Phi) is 3.14. The van der Waals surface area contributed by atoms with Crippen LogP contribution in [0.15, 0.2) is 36.4 Å². The van der Waals surface area contributed by atoms with Gasteiger partial charge in [-0.3, -0.25) is 4.79 Å². The topological polar surface area (TPSA) is 22.0 Å². The monoisotopic (exact) mass is 227 g/mol. The summed E-state index contributed by atoms with van der Waals surface area (Å²) in [6, 6.07) is 12.1. The number of aryl methyl sites for hydroxylation is 2. The number of Topliss-reactive ketones (excluding diaryl/α,β-unsaturated/α-hetero) is 1. The molecule has 0 aliphatic rings. The predicted molar refractivity (Wildman–Crippen MR) is 69.5 cm³/mol. The van der Waals surface area contributed by atoms with Crippen LogP contribution in [-0.2, 0) is 6.54 Å². The molecule has 88 valence electrons. The molecule has 2 nitrogen and oxygen atoms in total. The Morgan fingerprint density at radius 1 is 1.12 bits per heavy atom. The molecule has 0 aliphatic heterocycles. The molecule has 1 aromatic heterocycles. The summed E-state index contributed by atoms with van der Waals surface area (Å²) in [6.45, 7) is 6.63. The number of benzene rings is 1. The highest BCUT2D eigenvalue weighted by Gasteiger charge is 2.04. The van der Waals surface area contributed by atoms with E-state index in [0.717, 1.165) is 12.1 Å². The molecule has 2 heteroatoms. The maximum Gasteiger partial charge on any atom is 0.159 e. The molecule has 0 unspecified atom stereocenters. The first-order valence-corrected chi connectivity index (χ1v) is 5.80. The van der Waals surface area contributed by atoms with E-state index < -0.39 is 0 Å². The van der Waals surface area contributed by atoms with Gasteiger partial charge in [-0.1, -0.05) is 18.2 Å². The van der Waals surface area contributed by atoms with Crippen LogP contribution in [0.5, 0.6) is 0 Å². The zero-order valence-corrected chi connectivity index (χ0v) is 10.5. The molecule has 0 N–H and O–H groups in total. The van der Waals surface area contributed by atoms with Crippen molar-refractivity contribution in [1.29, 1.82) is 0 Å². The largest absolute Gasteiger partial charge is 0.345 e. The predicted octanol–water partition coefficient (Wildman–Crippen LogP) is 3.36.